The first kappa shape index (κ1) is 15.9. The van der Waals surface area contributed by atoms with E-state index in [1.807, 2.05) is 30.0 Å². The molecule has 0 atom stereocenters. The van der Waals surface area contributed by atoms with Crippen molar-refractivity contribution >= 4 is 23.4 Å². The van der Waals surface area contributed by atoms with Crippen molar-refractivity contribution in [2.24, 2.45) is 5.73 Å². The maximum Gasteiger partial charge on any atom is 0.248 e. The van der Waals surface area contributed by atoms with E-state index in [0.29, 0.717) is 12.1 Å². The van der Waals surface area contributed by atoms with Crippen molar-refractivity contribution in [2.75, 3.05) is 5.32 Å². The summed E-state index contributed by atoms with van der Waals surface area (Å²) in [5, 5.41) is 4.18. The molecule has 1 aliphatic carbocycles. The number of anilines is 1. The monoisotopic (exact) mass is 326 g/mol. The number of hydrogen-bond donors (Lipinski definition) is 2. The predicted molar refractivity (Wildman–Crippen MR) is 96.8 cm³/mol. The van der Waals surface area contributed by atoms with Crippen molar-refractivity contribution in [3.05, 3.63) is 59.7 Å². The van der Waals surface area contributed by atoms with Crippen molar-refractivity contribution in [3.63, 3.8) is 0 Å². The molecule has 0 aliphatic heterocycles. The fraction of sp³-hybridized carbons (Fsp3) is 0.316. The highest BCUT2D eigenvalue weighted by Gasteiger charge is 2.15. The van der Waals surface area contributed by atoms with Crippen LogP contribution < -0.4 is 11.1 Å². The molecule has 1 amide bonds. The summed E-state index contributed by atoms with van der Waals surface area (Å²) in [6, 6.07) is 16.0. The molecule has 1 fully saturated rings. The van der Waals surface area contributed by atoms with Crippen LogP contribution in [0.15, 0.2) is 53.4 Å². The molecule has 0 heterocycles. The number of benzene rings is 2. The van der Waals surface area contributed by atoms with E-state index in [1.165, 1.54) is 30.6 Å². The van der Waals surface area contributed by atoms with Crippen molar-refractivity contribution in [3.8, 4) is 0 Å². The molecule has 0 saturated heterocycles. The first-order valence-electron chi connectivity index (χ1n) is 8.10. The maximum absolute atomic E-state index is 11.2. The van der Waals surface area contributed by atoms with Gasteiger partial charge in [-0.1, -0.05) is 25.0 Å². The van der Waals surface area contributed by atoms with Crippen molar-refractivity contribution in [1.29, 1.82) is 0 Å². The average molecular weight is 326 g/mol. The van der Waals surface area contributed by atoms with E-state index in [4.69, 9.17) is 5.73 Å². The van der Waals surface area contributed by atoms with Crippen LogP contribution in [0.1, 0.15) is 41.6 Å². The van der Waals surface area contributed by atoms with Crippen LogP contribution in [-0.4, -0.2) is 11.2 Å². The van der Waals surface area contributed by atoms with Gasteiger partial charge in [0.1, 0.15) is 0 Å². The van der Waals surface area contributed by atoms with Crippen molar-refractivity contribution < 1.29 is 4.79 Å². The van der Waals surface area contributed by atoms with Gasteiger partial charge < -0.3 is 11.1 Å². The molecule has 0 unspecified atom stereocenters. The summed E-state index contributed by atoms with van der Waals surface area (Å²) in [6.07, 6.45) is 5.45. The van der Waals surface area contributed by atoms with Crippen LogP contribution in [-0.2, 0) is 6.54 Å². The molecule has 3 N–H and O–H groups in total. The summed E-state index contributed by atoms with van der Waals surface area (Å²) in [7, 11) is 0. The molecule has 1 saturated carbocycles. The lowest BCUT2D eigenvalue weighted by Gasteiger charge is -2.11. The Hall–Kier alpha value is -1.94. The quantitative estimate of drug-likeness (QED) is 0.825. The molecule has 2 aromatic carbocycles. The Kier molecular flexibility index (Phi) is 5.23. The third-order valence-corrected chi connectivity index (χ3v) is 5.52. The van der Waals surface area contributed by atoms with Gasteiger partial charge in [-0.05, 0) is 54.8 Å². The zero-order valence-electron chi connectivity index (χ0n) is 13.1. The summed E-state index contributed by atoms with van der Waals surface area (Å²) >= 11 is 2.00. The molecular formula is C19H22N2OS. The van der Waals surface area contributed by atoms with Crippen LogP contribution >= 0.6 is 11.8 Å². The second kappa shape index (κ2) is 7.55. The highest BCUT2D eigenvalue weighted by Crippen LogP contribution is 2.34. The zero-order valence-corrected chi connectivity index (χ0v) is 13.9. The maximum atomic E-state index is 11.2. The van der Waals surface area contributed by atoms with E-state index in [1.54, 1.807) is 6.07 Å². The third-order valence-electron chi connectivity index (χ3n) is 4.17. The van der Waals surface area contributed by atoms with E-state index >= 15 is 0 Å². The predicted octanol–water partition coefficient (Wildman–Crippen LogP) is 4.43. The van der Waals surface area contributed by atoms with E-state index in [0.717, 1.165) is 16.5 Å². The Bertz CT molecular complexity index is 663. The Balaban J connectivity index is 1.55. The van der Waals surface area contributed by atoms with Crippen molar-refractivity contribution in [2.45, 2.75) is 42.4 Å². The van der Waals surface area contributed by atoms with Gasteiger partial charge in [-0.25, -0.2) is 0 Å². The summed E-state index contributed by atoms with van der Waals surface area (Å²) in [5.74, 6) is -0.389. The number of hydrogen-bond acceptors (Lipinski definition) is 3. The molecule has 2 aromatic rings. The van der Waals surface area contributed by atoms with Gasteiger partial charge in [-0.3, -0.25) is 4.79 Å². The number of rotatable bonds is 6. The van der Waals surface area contributed by atoms with Gasteiger partial charge in [-0.2, -0.15) is 0 Å². The molecule has 0 spiro atoms. The molecule has 3 rings (SSSR count). The smallest absolute Gasteiger partial charge is 0.248 e. The molecule has 23 heavy (non-hydrogen) atoms. The minimum atomic E-state index is -0.389. The van der Waals surface area contributed by atoms with Crippen LogP contribution in [0, 0.1) is 0 Å². The van der Waals surface area contributed by atoms with Crippen LogP contribution in [0.5, 0.6) is 0 Å². The topological polar surface area (TPSA) is 55.1 Å². The Labute approximate surface area is 141 Å². The summed E-state index contributed by atoms with van der Waals surface area (Å²) in [4.78, 5) is 12.6. The largest absolute Gasteiger partial charge is 0.381 e. The number of primary amides is 1. The second-order valence-corrected chi connectivity index (χ2v) is 7.34. The van der Waals surface area contributed by atoms with Crippen LogP contribution in [0.2, 0.25) is 0 Å². The van der Waals surface area contributed by atoms with Gasteiger partial charge in [0.25, 0.3) is 0 Å². The standard InChI is InChI=1S/C19H22N2OS/c20-19(22)15-5-3-4-14(12-15)13-21-16-8-10-18(11-9-16)23-17-6-1-2-7-17/h3-5,8-12,17,21H,1-2,6-7,13H2,(H2,20,22). The molecule has 3 nitrogen and oxygen atoms in total. The molecule has 4 heteroatoms. The molecule has 1 aliphatic rings. The van der Waals surface area contributed by atoms with Gasteiger partial charge in [0.05, 0.1) is 0 Å². The van der Waals surface area contributed by atoms with E-state index < -0.39 is 0 Å². The fourth-order valence-electron chi connectivity index (χ4n) is 2.89. The lowest BCUT2D eigenvalue weighted by Crippen LogP contribution is -2.11. The summed E-state index contributed by atoms with van der Waals surface area (Å²) < 4.78 is 0. The van der Waals surface area contributed by atoms with E-state index in [9.17, 15) is 4.79 Å². The lowest BCUT2D eigenvalue weighted by molar-refractivity contribution is 0.1000. The average Bonchev–Trinajstić information content (AvgIpc) is 3.07. The fourth-order valence-corrected chi connectivity index (χ4v) is 4.14. The van der Waals surface area contributed by atoms with Gasteiger partial charge in [0.2, 0.25) is 5.91 Å². The van der Waals surface area contributed by atoms with Gasteiger partial charge >= 0.3 is 0 Å². The second-order valence-electron chi connectivity index (χ2n) is 5.97. The Morgan fingerprint density at radius 1 is 1.13 bits per heavy atom. The van der Waals surface area contributed by atoms with Crippen LogP contribution in [0.25, 0.3) is 0 Å². The zero-order chi connectivity index (χ0) is 16.1. The highest BCUT2D eigenvalue weighted by atomic mass is 32.2. The summed E-state index contributed by atoms with van der Waals surface area (Å²) in [5.41, 5.74) is 8.00. The molecule has 120 valence electrons. The van der Waals surface area contributed by atoms with E-state index in [-0.39, 0.29) is 5.91 Å². The molecule has 0 radical (unpaired) electrons. The highest BCUT2D eigenvalue weighted by molar-refractivity contribution is 8.00. The first-order valence-corrected chi connectivity index (χ1v) is 8.98. The lowest BCUT2D eigenvalue weighted by atomic mass is 10.1. The van der Waals surface area contributed by atoms with Crippen molar-refractivity contribution in [1.82, 2.24) is 0 Å². The number of carbonyl (C=O) groups is 1. The Morgan fingerprint density at radius 2 is 1.87 bits per heavy atom. The number of amides is 1. The molecule has 0 bridgehead atoms. The Morgan fingerprint density at radius 3 is 2.57 bits per heavy atom. The number of nitrogens with two attached hydrogens (primary N) is 1. The van der Waals surface area contributed by atoms with Gasteiger partial charge in [-0.15, -0.1) is 11.8 Å². The number of thioether (sulfide) groups is 1. The third kappa shape index (κ3) is 4.52. The first-order chi connectivity index (χ1) is 11.2. The van der Waals surface area contributed by atoms with Gasteiger partial charge in [0, 0.05) is 27.9 Å². The normalized spacial score (nSPS) is 14.8. The summed E-state index contributed by atoms with van der Waals surface area (Å²) in [6.45, 7) is 0.677. The minimum Gasteiger partial charge on any atom is -0.381 e. The van der Waals surface area contributed by atoms with E-state index in [2.05, 4.69) is 29.6 Å². The number of carbonyl (C=O) groups excluding carboxylic acids is 1. The minimum absolute atomic E-state index is 0.389. The SMILES string of the molecule is NC(=O)c1cccc(CNc2ccc(SC3CCCC3)cc2)c1. The molecule has 0 aromatic heterocycles. The molecular weight excluding hydrogens is 304 g/mol. The van der Waals surface area contributed by atoms with Crippen LogP contribution in [0.3, 0.4) is 0 Å². The van der Waals surface area contributed by atoms with Crippen LogP contribution in [0.4, 0.5) is 5.69 Å². The van der Waals surface area contributed by atoms with Gasteiger partial charge in [0.15, 0.2) is 0 Å². The number of nitrogens with one attached hydrogen (secondary N) is 1.